The molecule has 108 valence electrons. The molecule has 0 atom stereocenters. The Kier molecular flexibility index (Phi) is 6.36. The lowest BCUT2D eigenvalue weighted by molar-refractivity contribution is 0.561. The highest BCUT2D eigenvalue weighted by molar-refractivity contribution is 14.0. The number of guanidine groups is 1. The van der Waals surface area contributed by atoms with Gasteiger partial charge in [0.2, 0.25) is 0 Å². The standard InChI is InChI=1S/C12H17N7.HI/c1-3-19-17-9(2)10(18-19)8-15-12(13)16-11-6-4-5-7-14-11;/h4-7H,3,8H2,1-2H3,(H3,13,14,15,16);1H. The van der Waals surface area contributed by atoms with E-state index in [1.807, 2.05) is 32.0 Å². The molecule has 2 heterocycles. The van der Waals surface area contributed by atoms with E-state index in [0.29, 0.717) is 18.3 Å². The Morgan fingerprint density at radius 2 is 2.20 bits per heavy atom. The number of pyridine rings is 1. The van der Waals surface area contributed by atoms with Gasteiger partial charge in [0.1, 0.15) is 11.5 Å². The van der Waals surface area contributed by atoms with Crippen LogP contribution in [0.1, 0.15) is 18.3 Å². The van der Waals surface area contributed by atoms with Gasteiger partial charge in [-0.2, -0.15) is 15.0 Å². The molecule has 0 fully saturated rings. The van der Waals surface area contributed by atoms with E-state index in [9.17, 15) is 0 Å². The van der Waals surface area contributed by atoms with Gasteiger partial charge < -0.3 is 11.1 Å². The number of aliphatic imine (C=N–C) groups is 1. The summed E-state index contributed by atoms with van der Waals surface area (Å²) < 4.78 is 0. The van der Waals surface area contributed by atoms with Crippen LogP contribution in [-0.2, 0) is 13.1 Å². The van der Waals surface area contributed by atoms with Crippen LogP contribution in [-0.4, -0.2) is 25.9 Å². The Morgan fingerprint density at radius 1 is 1.40 bits per heavy atom. The Morgan fingerprint density at radius 3 is 2.80 bits per heavy atom. The molecule has 0 aliphatic rings. The van der Waals surface area contributed by atoms with Crippen LogP contribution >= 0.6 is 24.0 Å². The van der Waals surface area contributed by atoms with E-state index in [4.69, 9.17) is 5.73 Å². The summed E-state index contributed by atoms with van der Waals surface area (Å²) in [5.41, 5.74) is 7.48. The van der Waals surface area contributed by atoms with Crippen molar-refractivity contribution in [3.8, 4) is 0 Å². The van der Waals surface area contributed by atoms with Crippen LogP contribution in [0, 0.1) is 6.92 Å². The van der Waals surface area contributed by atoms with Crippen LogP contribution < -0.4 is 11.1 Å². The van der Waals surface area contributed by atoms with Gasteiger partial charge in [0.05, 0.1) is 18.8 Å². The average molecular weight is 387 g/mol. The fourth-order valence-electron chi connectivity index (χ4n) is 1.52. The number of hydrogen-bond acceptors (Lipinski definition) is 4. The highest BCUT2D eigenvalue weighted by Crippen LogP contribution is 2.03. The molecule has 0 aliphatic carbocycles. The van der Waals surface area contributed by atoms with Gasteiger partial charge in [-0.05, 0) is 26.0 Å². The van der Waals surface area contributed by atoms with Crippen molar-refractivity contribution in [2.45, 2.75) is 26.9 Å². The van der Waals surface area contributed by atoms with E-state index in [0.717, 1.165) is 17.9 Å². The van der Waals surface area contributed by atoms with E-state index >= 15 is 0 Å². The molecule has 8 heteroatoms. The van der Waals surface area contributed by atoms with Gasteiger partial charge in [0.25, 0.3) is 0 Å². The van der Waals surface area contributed by atoms with Crippen LogP contribution in [0.2, 0.25) is 0 Å². The lowest BCUT2D eigenvalue weighted by Crippen LogP contribution is -2.23. The highest BCUT2D eigenvalue weighted by atomic mass is 127. The van der Waals surface area contributed by atoms with Crippen LogP contribution in [0.4, 0.5) is 5.82 Å². The first kappa shape index (κ1) is 16.3. The molecule has 2 rings (SSSR count). The van der Waals surface area contributed by atoms with Gasteiger partial charge in [-0.25, -0.2) is 9.98 Å². The summed E-state index contributed by atoms with van der Waals surface area (Å²) in [4.78, 5) is 9.97. The zero-order chi connectivity index (χ0) is 13.7. The Balaban J connectivity index is 0.00000200. The van der Waals surface area contributed by atoms with Crippen LogP contribution in [0.5, 0.6) is 0 Å². The minimum absolute atomic E-state index is 0. The molecule has 0 radical (unpaired) electrons. The van der Waals surface area contributed by atoms with E-state index in [-0.39, 0.29) is 24.0 Å². The van der Waals surface area contributed by atoms with Gasteiger partial charge in [-0.1, -0.05) is 6.07 Å². The van der Waals surface area contributed by atoms with Gasteiger partial charge in [0.15, 0.2) is 5.96 Å². The lowest BCUT2D eigenvalue weighted by atomic mass is 10.3. The molecule has 7 nitrogen and oxygen atoms in total. The zero-order valence-electron chi connectivity index (χ0n) is 11.4. The molecule has 20 heavy (non-hydrogen) atoms. The first-order chi connectivity index (χ1) is 9.19. The summed E-state index contributed by atoms with van der Waals surface area (Å²) >= 11 is 0. The topological polar surface area (TPSA) is 94.0 Å². The minimum atomic E-state index is 0. The second kappa shape index (κ2) is 7.78. The Bertz CT molecular complexity index is 564. The van der Waals surface area contributed by atoms with Crippen molar-refractivity contribution < 1.29 is 0 Å². The molecule has 0 saturated heterocycles. The highest BCUT2D eigenvalue weighted by Gasteiger charge is 2.05. The van der Waals surface area contributed by atoms with E-state index in [1.165, 1.54) is 0 Å². The quantitative estimate of drug-likeness (QED) is 0.472. The molecule has 2 aromatic heterocycles. The third-order valence-electron chi connectivity index (χ3n) is 2.52. The first-order valence-corrected chi connectivity index (χ1v) is 6.07. The number of rotatable bonds is 4. The third kappa shape index (κ3) is 4.44. The number of anilines is 1. The fourth-order valence-corrected chi connectivity index (χ4v) is 1.52. The Hall–Kier alpha value is -1.71. The normalized spacial score (nSPS) is 11.0. The van der Waals surface area contributed by atoms with Crippen molar-refractivity contribution in [3.05, 3.63) is 35.8 Å². The van der Waals surface area contributed by atoms with Crippen molar-refractivity contribution in [2.75, 3.05) is 5.32 Å². The smallest absolute Gasteiger partial charge is 0.194 e. The van der Waals surface area contributed by atoms with Crippen molar-refractivity contribution in [2.24, 2.45) is 10.7 Å². The number of halogens is 1. The molecule has 3 N–H and O–H groups in total. The molecule has 0 unspecified atom stereocenters. The molecule has 0 aliphatic heterocycles. The van der Waals surface area contributed by atoms with Crippen LogP contribution in [0.25, 0.3) is 0 Å². The summed E-state index contributed by atoms with van der Waals surface area (Å²) in [6.45, 7) is 5.04. The molecule has 0 spiro atoms. The van der Waals surface area contributed by atoms with Crippen LogP contribution in [0.3, 0.4) is 0 Å². The van der Waals surface area contributed by atoms with Crippen molar-refractivity contribution in [1.82, 2.24) is 20.0 Å². The van der Waals surface area contributed by atoms with E-state index in [2.05, 4.69) is 25.5 Å². The molecule has 0 aromatic carbocycles. The zero-order valence-corrected chi connectivity index (χ0v) is 13.8. The third-order valence-corrected chi connectivity index (χ3v) is 2.52. The van der Waals surface area contributed by atoms with Gasteiger partial charge in [0, 0.05) is 6.20 Å². The second-order valence-corrected chi connectivity index (χ2v) is 3.96. The largest absolute Gasteiger partial charge is 0.370 e. The van der Waals surface area contributed by atoms with Crippen LogP contribution in [0.15, 0.2) is 29.4 Å². The van der Waals surface area contributed by atoms with E-state index in [1.54, 1.807) is 11.0 Å². The molecular formula is C12H18IN7. The number of aryl methyl sites for hydroxylation is 2. The number of nitrogens with two attached hydrogens (primary N) is 1. The molecule has 0 bridgehead atoms. The molecule has 0 amide bonds. The predicted molar refractivity (Wildman–Crippen MR) is 89.0 cm³/mol. The summed E-state index contributed by atoms with van der Waals surface area (Å²) in [6.07, 6.45) is 1.69. The SMILES string of the molecule is CCn1nc(C)c(CN=C(N)Nc2ccccn2)n1.I. The summed E-state index contributed by atoms with van der Waals surface area (Å²) in [5.74, 6) is 0.974. The number of nitrogens with zero attached hydrogens (tertiary/aromatic N) is 5. The number of hydrogen-bond donors (Lipinski definition) is 2. The summed E-state index contributed by atoms with van der Waals surface area (Å²) in [6, 6.07) is 5.53. The number of nitrogens with one attached hydrogen (secondary N) is 1. The van der Waals surface area contributed by atoms with Gasteiger partial charge in [-0.15, -0.1) is 24.0 Å². The van der Waals surface area contributed by atoms with Crippen molar-refractivity contribution in [3.63, 3.8) is 0 Å². The molecule has 2 aromatic rings. The second-order valence-electron chi connectivity index (χ2n) is 3.96. The van der Waals surface area contributed by atoms with Gasteiger partial charge >= 0.3 is 0 Å². The summed E-state index contributed by atoms with van der Waals surface area (Å²) in [7, 11) is 0. The lowest BCUT2D eigenvalue weighted by Gasteiger charge is -2.03. The maximum atomic E-state index is 5.79. The predicted octanol–water partition coefficient (Wildman–Crippen LogP) is 1.55. The van der Waals surface area contributed by atoms with Crippen molar-refractivity contribution >= 4 is 35.8 Å². The number of aromatic nitrogens is 4. The van der Waals surface area contributed by atoms with Crippen molar-refractivity contribution in [1.29, 1.82) is 0 Å². The monoisotopic (exact) mass is 387 g/mol. The average Bonchev–Trinajstić information content (AvgIpc) is 2.78. The molecule has 0 saturated carbocycles. The van der Waals surface area contributed by atoms with Gasteiger partial charge in [-0.3, -0.25) is 0 Å². The maximum absolute atomic E-state index is 5.79. The first-order valence-electron chi connectivity index (χ1n) is 6.07. The fraction of sp³-hybridized carbons (Fsp3) is 0.333. The Labute approximate surface area is 134 Å². The van der Waals surface area contributed by atoms with E-state index < -0.39 is 0 Å². The minimum Gasteiger partial charge on any atom is -0.370 e. The maximum Gasteiger partial charge on any atom is 0.194 e. The molecular weight excluding hydrogens is 369 g/mol. The summed E-state index contributed by atoms with van der Waals surface area (Å²) in [5, 5.41) is 11.5.